The molecule has 0 radical (unpaired) electrons. The third-order valence-corrected chi connectivity index (χ3v) is 2.87. The summed E-state index contributed by atoms with van der Waals surface area (Å²) in [6.07, 6.45) is 1.72. The fourth-order valence-corrected chi connectivity index (χ4v) is 1.93. The highest BCUT2D eigenvalue weighted by Crippen LogP contribution is 2.38. The van der Waals surface area contributed by atoms with Gasteiger partial charge >= 0.3 is 5.97 Å². The van der Waals surface area contributed by atoms with Gasteiger partial charge in [-0.3, -0.25) is 4.99 Å². The summed E-state index contributed by atoms with van der Waals surface area (Å²) in [7, 11) is 1.34. The lowest BCUT2D eigenvalue weighted by Crippen LogP contribution is -2.03. The molecule has 3 rings (SSSR count). The number of hydrogen-bond donors (Lipinski definition) is 0. The highest BCUT2D eigenvalue weighted by molar-refractivity contribution is 5.96. The number of aliphatic imine (C=N–C) groups is 1. The Labute approximate surface area is 122 Å². The van der Waals surface area contributed by atoms with Crippen molar-refractivity contribution in [3.05, 3.63) is 53.6 Å². The van der Waals surface area contributed by atoms with Crippen LogP contribution >= 0.6 is 12.4 Å². The third kappa shape index (κ3) is 2.38. The fraction of sp³-hybridized carbons (Fsp3) is 0.0667. The Bertz CT molecular complexity index is 683. The van der Waals surface area contributed by atoms with E-state index in [9.17, 15) is 4.79 Å². The first-order chi connectivity index (χ1) is 9.29. The first-order valence-corrected chi connectivity index (χ1v) is 5.82. The van der Waals surface area contributed by atoms with Crippen molar-refractivity contribution in [3.8, 4) is 11.5 Å². The summed E-state index contributed by atoms with van der Waals surface area (Å²) >= 11 is 0. The van der Waals surface area contributed by atoms with Crippen LogP contribution < -0.4 is 4.74 Å². The average Bonchev–Trinajstić information content (AvgIpc) is 2.65. The normalized spacial score (nSPS) is 11.2. The topological polar surface area (TPSA) is 47.9 Å². The second-order valence-electron chi connectivity index (χ2n) is 4.04. The summed E-state index contributed by atoms with van der Waals surface area (Å²) in [6.45, 7) is 0. The minimum atomic E-state index is -0.438. The maximum absolute atomic E-state index is 11.8. The number of esters is 1. The Morgan fingerprint density at radius 3 is 2.75 bits per heavy atom. The standard InChI is InChI=1S/C15H11NO3.ClH/c1-18-15(17)11-6-4-7-12-14(11)19-13-8-3-2-5-10(13)9-16-12;/h2-9H,1H3;1H. The number of fused-ring (bicyclic) bond motifs is 2. The molecule has 0 spiro atoms. The summed E-state index contributed by atoms with van der Waals surface area (Å²) < 4.78 is 10.6. The number of hydrogen-bond acceptors (Lipinski definition) is 4. The Hall–Kier alpha value is -2.33. The molecule has 0 aliphatic carbocycles. The van der Waals surface area contributed by atoms with Crippen molar-refractivity contribution in [1.82, 2.24) is 0 Å². The number of methoxy groups -OCH3 is 1. The number of ether oxygens (including phenoxy) is 2. The van der Waals surface area contributed by atoms with Gasteiger partial charge in [0.15, 0.2) is 5.75 Å². The van der Waals surface area contributed by atoms with Gasteiger partial charge in [-0.2, -0.15) is 0 Å². The molecule has 0 fully saturated rings. The largest absolute Gasteiger partial charge is 0.465 e. The Morgan fingerprint density at radius 1 is 1.15 bits per heavy atom. The van der Waals surface area contributed by atoms with E-state index in [1.807, 2.05) is 24.3 Å². The Kier molecular flexibility index (Phi) is 4.05. The number of halogens is 1. The number of nitrogens with zero attached hydrogens (tertiary/aromatic N) is 1. The van der Waals surface area contributed by atoms with Gasteiger partial charge in [-0.1, -0.05) is 18.2 Å². The molecule has 2 aromatic carbocycles. The second-order valence-corrected chi connectivity index (χ2v) is 4.04. The number of rotatable bonds is 1. The van der Waals surface area contributed by atoms with Crippen LogP contribution in [0.4, 0.5) is 5.69 Å². The van der Waals surface area contributed by atoms with Gasteiger partial charge in [-0.25, -0.2) is 4.79 Å². The predicted molar refractivity (Wildman–Crippen MR) is 78.8 cm³/mol. The molecule has 2 aromatic rings. The number of carbonyl (C=O) groups is 1. The third-order valence-electron chi connectivity index (χ3n) is 2.87. The molecule has 102 valence electrons. The number of carbonyl (C=O) groups excluding carboxylic acids is 1. The van der Waals surface area contributed by atoms with Crippen LogP contribution in [0.2, 0.25) is 0 Å². The molecular formula is C15H12ClNO3. The molecule has 0 aromatic heterocycles. The molecule has 0 atom stereocenters. The molecule has 0 saturated carbocycles. The maximum Gasteiger partial charge on any atom is 0.341 e. The fourth-order valence-electron chi connectivity index (χ4n) is 1.93. The smallest absolute Gasteiger partial charge is 0.341 e. The lowest BCUT2D eigenvalue weighted by atomic mass is 10.1. The van der Waals surface area contributed by atoms with Crippen molar-refractivity contribution >= 4 is 30.3 Å². The highest BCUT2D eigenvalue weighted by Gasteiger charge is 2.19. The predicted octanol–water partition coefficient (Wildman–Crippen LogP) is 3.75. The molecule has 1 heterocycles. The summed E-state index contributed by atoms with van der Waals surface area (Å²) in [5, 5.41) is 0. The minimum absolute atomic E-state index is 0. The molecule has 0 N–H and O–H groups in total. The lowest BCUT2D eigenvalue weighted by Gasteiger charge is -2.11. The highest BCUT2D eigenvalue weighted by atomic mass is 35.5. The molecule has 0 amide bonds. The van der Waals surface area contributed by atoms with Crippen LogP contribution in [0.5, 0.6) is 11.5 Å². The van der Waals surface area contributed by atoms with Gasteiger partial charge in [0.05, 0.1) is 7.11 Å². The molecule has 1 aliphatic rings. The van der Waals surface area contributed by atoms with E-state index in [0.717, 1.165) is 5.56 Å². The summed E-state index contributed by atoms with van der Waals surface area (Å²) in [4.78, 5) is 16.1. The first-order valence-electron chi connectivity index (χ1n) is 5.82. The Balaban J connectivity index is 0.00000147. The van der Waals surface area contributed by atoms with Crippen molar-refractivity contribution in [2.24, 2.45) is 4.99 Å². The van der Waals surface area contributed by atoms with E-state index < -0.39 is 5.97 Å². The molecule has 0 unspecified atom stereocenters. The van der Waals surface area contributed by atoms with Crippen LogP contribution in [-0.2, 0) is 4.74 Å². The SMILES string of the molecule is COC(=O)c1cccc2c1Oc1ccccc1C=N2.Cl. The van der Waals surface area contributed by atoms with Crippen LogP contribution in [0.25, 0.3) is 0 Å². The number of para-hydroxylation sites is 2. The van der Waals surface area contributed by atoms with Crippen LogP contribution in [0.15, 0.2) is 47.5 Å². The van der Waals surface area contributed by atoms with Gasteiger partial charge in [0, 0.05) is 11.8 Å². The van der Waals surface area contributed by atoms with E-state index in [-0.39, 0.29) is 12.4 Å². The van der Waals surface area contributed by atoms with Gasteiger partial charge in [0.2, 0.25) is 0 Å². The molecule has 0 bridgehead atoms. The van der Waals surface area contributed by atoms with Gasteiger partial charge < -0.3 is 9.47 Å². The van der Waals surface area contributed by atoms with E-state index in [1.165, 1.54) is 7.11 Å². The maximum atomic E-state index is 11.8. The minimum Gasteiger partial charge on any atom is -0.465 e. The van der Waals surface area contributed by atoms with Crippen molar-refractivity contribution in [3.63, 3.8) is 0 Å². The van der Waals surface area contributed by atoms with Crippen LogP contribution in [0.3, 0.4) is 0 Å². The molecule has 20 heavy (non-hydrogen) atoms. The van der Waals surface area contributed by atoms with Crippen molar-refractivity contribution < 1.29 is 14.3 Å². The van der Waals surface area contributed by atoms with E-state index in [2.05, 4.69) is 4.99 Å². The van der Waals surface area contributed by atoms with E-state index in [0.29, 0.717) is 22.7 Å². The zero-order valence-electron chi connectivity index (χ0n) is 10.7. The van der Waals surface area contributed by atoms with E-state index >= 15 is 0 Å². The van der Waals surface area contributed by atoms with Gasteiger partial charge in [0.1, 0.15) is 17.0 Å². The zero-order chi connectivity index (χ0) is 13.2. The number of benzene rings is 2. The van der Waals surface area contributed by atoms with E-state index in [1.54, 1.807) is 24.4 Å². The van der Waals surface area contributed by atoms with Gasteiger partial charge in [-0.05, 0) is 24.3 Å². The van der Waals surface area contributed by atoms with Crippen molar-refractivity contribution in [1.29, 1.82) is 0 Å². The van der Waals surface area contributed by atoms with Gasteiger partial charge in [0.25, 0.3) is 0 Å². The average molecular weight is 290 g/mol. The van der Waals surface area contributed by atoms with Crippen LogP contribution in [0, 0.1) is 0 Å². The molecular weight excluding hydrogens is 278 g/mol. The summed E-state index contributed by atoms with van der Waals surface area (Å²) in [6, 6.07) is 12.7. The quantitative estimate of drug-likeness (QED) is 0.641. The van der Waals surface area contributed by atoms with Crippen LogP contribution in [0.1, 0.15) is 15.9 Å². The van der Waals surface area contributed by atoms with Crippen molar-refractivity contribution in [2.75, 3.05) is 7.11 Å². The van der Waals surface area contributed by atoms with E-state index in [4.69, 9.17) is 9.47 Å². The molecule has 1 aliphatic heterocycles. The van der Waals surface area contributed by atoms with Crippen molar-refractivity contribution in [2.45, 2.75) is 0 Å². The summed E-state index contributed by atoms with van der Waals surface area (Å²) in [5.74, 6) is 0.656. The molecule has 4 nitrogen and oxygen atoms in total. The van der Waals surface area contributed by atoms with Gasteiger partial charge in [-0.15, -0.1) is 12.4 Å². The van der Waals surface area contributed by atoms with Crippen LogP contribution in [-0.4, -0.2) is 19.3 Å². The Morgan fingerprint density at radius 2 is 1.95 bits per heavy atom. The zero-order valence-corrected chi connectivity index (χ0v) is 11.5. The lowest BCUT2D eigenvalue weighted by molar-refractivity contribution is 0.0598. The first kappa shape index (κ1) is 14.1. The second kappa shape index (κ2) is 5.75. The summed E-state index contributed by atoms with van der Waals surface area (Å²) in [5.41, 5.74) is 1.85. The monoisotopic (exact) mass is 289 g/mol. The molecule has 5 heteroatoms. The molecule has 0 saturated heterocycles.